The first kappa shape index (κ1) is 10.2. The van der Waals surface area contributed by atoms with Crippen molar-refractivity contribution in [3.8, 4) is 11.3 Å². The van der Waals surface area contributed by atoms with Crippen LogP contribution in [0.15, 0.2) is 41.0 Å². The Hall–Kier alpha value is -1.35. The Morgan fingerprint density at radius 3 is 2.67 bits per heavy atom. The van der Waals surface area contributed by atoms with Crippen molar-refractivity contribution in [2.24, 2.45) is 0 Å². The number of nitrogen functional groups attached to an aromatic ring is 1. The Morgan fingerprint density at radius 2 is 1.93 bits per heavy atom. The van der Waals surface area contributed by atoms with E-state index in [4.69, 9.17) is 5.73 Å². The van der Waals surface area contributed by atoms with Gasteiger partial charge in [-0.15, -0.1) is 0 Å². The smallest absolute Gasteiger partial charge is 0.0945 e. The predicted octanol–water partition coefficient (Wildman–Crippen LogP) is 3.40. The molecule has 2 nitrogen and oxygen atoms in total. The Morgan fingerprint density at radius 1 is 1.20 bits per heavy atom. The zero-order valence-corrected chi connectivity index (χ0v) is 9.95. The largest absolute Gasteiger partial charge is 0.397 e. The summed E-state index contributed by atoms with van der Waals surface area (Å²) in [5, 5.41) is 0. The van der Waals surface area contributed by atoms with E-state index >= 15 is 0 Å². The highest BCUT2D eigenvalue weighted by Gasteiger charge is 2.08. The minimum absolute atomic E-state index is 0.740. The number of nitrogens with zero attached hydrogens (tertiary/aromatic N) is 1. The van der Waals surface area contributed by atoms with Gasteiger partial charge in [0, 0.05) is 16.2 Å². The minimum atomic E-state index is 0.740. The summed E-state index contributed by atoms with van der Waals surface area (Å²) in [5.41, 5.74) is 9.65. The van der Waals surface area contributed by atoms with Gasteiger partial charge in [-0.05, 0) is 24.6 Å². The van der Waals surface area contributed by atoms with Crippen molar-refractivity contribution >= 4 is 21.6 Å². The third kappa shape index (κ3) is 1.88. The van der Waals surface area contributed by atoms with Crippen molar-refractivity contribution in [3.05, 3.63) is 46.6 Å². The highest BCUT2D eigenvalue weighted by atomic mass is 79.9. The molecule has 0 bridgehead atoms. The van der Waals surface area contributed by atoms with Crippen LogP contribution in [0.3, 0.4) is 0 Å². The number of hydrogen-bond acceptors (Lipinski definition) is 2. The lowest BCUT2D eigenvalue weighted by Gasteiger charge is -2.08. The van der Waals surface area contributed by atoms with E-state index in [0.717, 1.165) is 27.0 Å². The Balaban J connectivity index is 2.65. The quantitative estimate of drug-likeness (QED) is 0.856. The number of aryl methyl sites for hydroxylation is 1. The molecule has 0 spiro atoms. The summed E-state index contributed by atoms with van der Waals surface area (Å²) >= 11 is 3.50. The number of pyridine rings is 1. The highest BCUT2D eigenvalue weighted by Crippen LogP contribution is 2.31. The molecule has 0 aliphatic rings. The molecule has 0 saturated carbocycles. The molecule has 0 amide bonds. The van der Waals surface area contributed by atoms with Gasteiger partial charge < -0.3 is 5.73 Å². The second-order valence-electron chi connectivity index (χ2n) is 3.37. The Labute approximate surface area is 97.3 Å². The van der Waals surface area contributed by atoms with E-state index in [2.05, 4.69) is 20.9 Å². The summed E-state index contributed by atoms with van der Waals surface area (Å²) in [6.07, 6.45) is 1.78. The molecule has 0 saturated heterocycles. The first-order valence-corrected chi connectivity index (χ1v) is 5.45. The molecule has 3 heteroatoms. The lowest BCUT2D eigenvalue weighted by Crippen LogP contribution is -1.96. The maximum atomic E-state index is 6.00. The minimum Gasteiger partial charge on any atom is -0.397 e. The number of halogens is 1. The third-order valence-corrected chi connectivity index (χ3v) is 3.03. The molecule has 0 unspecified atom stereocenters. The van der Waals surface area contributed by atoms with E-state index in [1.54, 1.807) is 6.20 Å². The Bertz CT molecular complexity index is 495. The summed E-state index contributed by atoms with van der Waals surface area (Å²) in [6, 6.07) is 9.85. The number of rotatable bonds is 1. The van der Waals surface area contributed by atoms with Crippen LogP contribution >= 0.6 is 15.9 Å². The average Bonchev–Trinajstić information content (AvgIpc) is 2.23. The SMILES string of the molecule is Cc1ccnc(-c2ccccc2Br)c1N. The molecule has 2 N–H and O–H groups in total. The van der Waals surface area contributed by atoms with Gasteiger partial charge in [-0.25, -0.2) is 0 Å². The van der Waals surface area contributed by atoms with Gasteiger partial charge in [0.25, 0.3) is 0 Å². The normalized spacial score (nSPS) is 10.3. The maximum absolute atomic E-state index is 6.00. The highest BCUT2D eigenvalue weighted by molar-refractivity contribution is 9.10. The lowest BCUT2D eigenvalue weighted by atomic mass is 10.1. The van der Waals surface area contributed by atoms with Crippen LogP contribution in [0.4, 0.5) is 5.69 Å². The lowest BCUT2D eigenvalue weighted by molar-refractivity contribution is 1.29. The topological polar surface area (TPSA) is 38.9 Å². The summed E-state index contributed by atoms with van der Waals surface area (Å²) < 4.78 is 1.01. The van der Waals surface area contributed by atoms with E-state index in [1.165, 1.54) is 0 Å². The first-order chi connectivity index (χ1) is 7.20. The fraction of sp³-hybridized carbons (Fsp3) is 0.0833. The van der Waals surface area contributed by atoms with Gasteiger partial charge in [0.2, 0.25) is 0 Å². The van der Waals surface area contributed by atoms with Crippen LogP contribution < -0.4 is 5.73 Å². The van der Waals surface area contributed by atoms with Crippen molar-refractivity contribution in [2.45, 2.75) is 6.92 Å². The van der Waals surface area contributed by atoms with Crippen molar-refractivity contribution in [1.29, 1.82) is 0 Å². The van der Waals surface area contributed by atoms with Gasteiger partial charge in [-0.3, -0.25) is 4.98 Å². The second kappa shape index (κ2) is 4.03. The summed E-state index contributed by atoms with van der Waals surface area (Å²) in [6.45, 7) is 1.98. The van der Waals surface area contributed by atoms with Gasteiger partial charge in [0.05, 0.1) is 11.4 Å². The number of benzene rings is 1. The summed E-state index contributed by atoms with van der Waals surface area (Å²) in [4.78, 5) is 4.32. The Kier molecular flexibility index (Phi) is 2.73. The molecule has 1 aromatic heterocycles. The van der Waals surface area contributed by atoms with Crippen molar-refractivity contribution in [3.63, 3.8) is 0 Å². The van der Waals surface area contributed by atoms with Gasteiger partial charge in [0.1, 0.15) is 0 Å². The van der Waals surface area contributed by atoms with E-state index in [-0.39, 0.29) is 0 Å². The predicted molar refractivity (Wildman–Crippen MR) is 66.5 cm³/mol. The van der Waals surface area contributed by atoms with Crippen molar-refractivity contribution < 1.29 is 0 Å². The van der Waals surface area contributed by atoms with Crippen LogP contribution in [-0.4, -0.2) is 4.98 Å². The molecule has 1 aromatic carbocycles. The van der Waals surface area contributed by atoms with Crippen LogP contribution in [0.5, 0.6) is 0 Å². The third-order valence-electron chi connectivity index (χ3n) is 2.34. The molecule has 0 aliphatic carbocycles. The molecule has 15 heavy (non-hydrogen) atoms. The summed E-state index contributed by atoms with van der Waals surface area (Å²) in [7, 11) is 0. The van der Waals surface area contributed by atoms with E-state index in [1.807, 2.05) is 37.3 Å². The molecule has 0 fully saturated rings. The zero-order chi connectivity index (χ0) is 10.8. The van der Waals surface area contributed by atoms with Crippen LogP contribution in [0.2, 0.25) is 0 Å². The van der Waals surface area contributed by atoms with Crippen LogP contribution in [0, 0.1) is 6.92 Å². The van der Waals surface area contributed by atoms with Gasteiger partial charge in [-0.2, -0.15) is 0 Å². The van der Waals surface area contributed by atoms with Crippen LogP contribution in [-0.2, 0) is 0 Å². The van der Waals surface area contributed by atoms with E-state index in [9.17, 15) is 0 Å². The molecule has 1 heterocycles. The number of anilines is 1. The first-order valence-electron chi connectivity index (χ1n) is 4.66. The fourth-order valence-electron chi connectivity index (χ4n) is 1.44. The number of hydrogen-bond donors (Lipinski definition) is 1. The number of nitrogens with two attached hydrogens (primary N) is 1. The van der Waals surface area contributed by atoms with Gasteiger partial charge >= 0.3 is 0 Å². The van der Waals surface area contributed by atoms with Crippen LogP contribution in [0.1, 0.15) is 5.56 Å². The molecule has 76 valence electrons. The molecule has 0 aliphatic heterocycles. The standard InChI is InChI=1S/C12H11BrN2/c1-8-6-7-15-12(11(8)14)9-4-2-3-5-10(9)13/h2-7H,14H2,1H3. The molecule has 2 rings (SSSR count). The second-order valence-corrected chi connectivity index (χ2v) is 4.22. The molecular weight excluding hydrogens is 252 g/mol. The number of aromatic nitrogens is 1. The molecular formula is C12H11BrN2. The average molecular weight is 263 g/mol. The van der Waals surface area contributed by atoms with Gasteiger partial charge in [-0.1, -0.05) is 34.1 Å². The fourth-order valence-corrected chi connectivity index (χ4v) is 1.91. The molecule has 2 aromatic rings. The zero-order valence-electron chi connectivity index (χ0n) is 8.37. The molecule has 0 atom stereocenters. The van der Waals surface area contributed by atoms with Crippen LogP contribution in [0.25, 0.3) is 11.3 Å². The van der Waals surface area contributed by atoms with Gasteiger partial charge in [0.15, 0.2) is 0 Å². The van der Waals surface area contributed by atoms with Crippen molar-refractivity contribution in [1.82, 2.24) is 4.98 Å². The van der Waals surface area contributed by atoms with Crippen molar-refractivity contribution in [2.75, 3.05) is 5.73 Å². The maximum Gasteiger partial charge on any atom is 0.0945 e. The van der Waals surface area contributed by atoms with E-state index in [0.29, 0.717) is 0 Å². The van der Waals surface area contributed by atoms with E-state index < -0.39 is 0 Å². The summed E-state index contributed by atoms with van der Waals surface area (Å²) in [5.74, 6) is 0. The molecule has 0 radical (unpaired) electrons. The monoisotopic (exact) mass is 262 g/mol.